The average Bonchev–Trinajstić information content (AvgIpc) is 3.11. The van der Waals surface area contributed by atoms with Crippen LogP contribution in [0.1, 0.15) is 77.6 Å². The summed E-state index contributed by atoms with van der Waals surface area (Å²) in [7, 11) is -1.30. The van der Waals surface area contributed by atoms with Crippen LogP contribution < -0.4 is 4.98 Å². The molecule has 0 bridgehead atoms. The molecular weight excluding hydrogens is 294 g/mol. The Bertz CT molecular complexity index is 414. The van der Waals surface area contributed by atoms with Crippen molar-refractivity contribution >= 4 is 8.24 Å². The molecule has 0 aromatic heterocycles. The van der Waals surface area contributed by atoms with Crippen molar-refractivity contribution < 1.29 is 0 Å². The molecule has 4 rings (SSSR count). The molecule has 0 radical (unpaired) electrons. The second-order valence-electron chi connectivity index (χ2n) is 10.3. The summed E-state index contributed by atoms with van der Waals surface area (Å²) in [6, 6.07) is 0.864. The summed E-state index contributed by atoms with van der Waals surface area (Å²) in [5.41, 5.74) is 1.06. The smallest absolute Gasteiger partial charge is 0.123 e. The van der Waals surface area contributed by atoms with Crippen LogP contribution in [0, 0.1) is 29.6 Å². The third-order valence-corrected chi connectivity index (χ3v) is 12.2. The topological polar surface area (TPSA) is 12.0 Å². The van der Waals surface area contributed by atoms with E-state index >= 15 is 0 Å². The van der Waals surface area contributed by atoms with Gasteiger partial charge in [0.25, 0.3) is 0 Å². The van der Waals surface area contributed by atoms with E-state index in [0.717, 1.165) is 41.2 Å². The predicted molar refractivity (Wildman–Crippen MR) is 102 cm³/mol. The number of hydrogen-bond donors (Lipinski definition) is 1. The van der Waals surface area contributed by atoms with Crippen LogP contribution >= 0.6 is 0 Å². The van der Waals surface area contributed by atoms with Gasteiger partial charge in [0.05, 0.1) is 0 Å². The molecule has 2 heteroatoms. The zero-order valence-electron chi connectivity index (χ0n) is 15.8. The standard InChI is InChI=1S/C21H39NSi/c1-15-12-21(23(2,3)22-18-10-5-4-6-11-18)20-14-17-9-7-8-16(17)13-19(15)20/h15-22H,4-14H2,1-3H3. The first-order valence-electron chi connectivity index (χ1n) is 10.8. The van der Waals surface area contributed by atoms with Gasteiger partial charge in [-0.15, -0.1) is 0 Å². The molecule has 0 heterocycles. The molecule has 4 aliphatic carbocycles. The van der Waals surface area contributed by atoms with Crippen LogP contribution in [-0.2, 0) is 0 Å². The Hall–Kier alpha value is 0.177. The molecule has 0 aromatic rings. The molecule has 23 heavy (non-hydrogen) atoms. The Morgan fingerprint density at radius 3 is 2.09 bits per heavy atom. The van der Waals surface area contributed by atoms with Crippen molar-refractivity contribution in [3.05, 3.63) is 0 Å². The minimum Gasteiger partial charge on any atom is -0.334 e. The fourth-order valence-corrected chi connectivity index (χ4v) is 11.3. The SMILES string of the molecule is CC1CC([Si](C)(C)NC2CCCCC2)C2CC3CCCC3CC12. The average molecular weight is 334 g/mol. The molecule has 0 aromatic carbocycles. The van der Waals surface area contributed by atoms with Crippen LogP contribution in [0.25, 0.3) is 0 Å². The summed E-state index contributed by atoms with van der Waals surface area (Å²) >= 11 is 0. The van der Waals surface area contributed by atoms with E-state index in [1.807, 2.05) is 0 Å². The first kappa shape index (κ1) is 16.6. The normalized spacial score (nSPS) is 45.0. The maximum absolute atomic E-state index is 4.29. The maximum Gasteiger partial charge on any atom is 0.123 e. The fraction of sp³-hybridized carbons (Fsp3) is 1.00. The third kappa shape index (κ3) is 3.19. The molecule has 0 spiro atoms. The molecule has 4 saturated carbocycles. The van der Waals surface area contributed by atoms with E-state index in [1.165, 1.54) is 38.5 Å². The molecule has 1 N–H and O–H groups in total. The van der Waals surface area contributed by atoms with E-state index in [1.54, 1.807) is 32.1 Å². The first-order valence-corrected chi connectivity index (χ1v) is 13.9. The minimum absolute atomic E-state index is 0.864. The molecule has 132 valence electrons. The van der Waals surface area contributed by atoms with Gasteiger partial charge in [0.15, 0.2) is 0 Å². The summed E-state index contributed by atoms with van der Waals surface area (Å²) in [5, 5.41) is 0. The van der Waals surface area contributed by atoms with Crippen LogP contribution in [0.15, 0.2) is 0 Å². The number of rotatable bonds is 3. The highest BCUT2D eigenvalue weighted by Gasteiger charge is 2.53. The largest absolute Gasteiger partial charge is 0.334 e. The summed E-state index contributed by atoms with van der Waals surface area (Å²) in [6.07, 6.45) is 16.7. The number of nitrogens with one attached hydrogen (secondary N) is 1. The van der Waals surface area contributed by atoms with Crippen molar-refractivity contribution in [2.45, 2.75) is 102 Å². The zero-order valence-corrected chi connectivity index (χ0v) is 16.8. The lowest BCUT2D eigenvalue weighted by atomic mass is 9.69. The molecule has 6 unspecified atom stereocenters. The maximum atomic E-state index is 4.29. The van der Waals surface area contributed by atoms with Gasteiger partial charge in [-0.3, -0.25) is 0 Å². The van der Waals surface area contributed by atoms with Gasteiger partial charge in [-0.25, -0.2) is 0 Å². The Morgan fingerprint density at radius 1 is 0.739 bits per heavy atom. The van der Waals surface area contributed by atoms with E-state index in [-0.39, 0.29) is 0 Å². The van der Waals surface area contributed by atoms with Crippen molar-refractivity contribution in [2.75, 3.05) is 0 Å². The van der Waals surface area contributed by atoms with E-state index in [9.17, 15) is 0 Å². The van der Waals surface area contributed by atoms with Crippen LogP contribution in [0.5, 0.6) is 0 Å². The first-order chi connectivity index (χ1) is 11.0. The lowest BCUT2D eigenvalue weighted by Gasteiger charge is -2.44. The van der Waals surface area contributed by atoms with Gasteiger partial charge in [-0.2, -0.15) is 0 Å². The van der Waals surface area contributed by atoms with Crippen LogP contribution in [-0.4, -0.2) is 14.3 Å². The van der Waals surface area contributed by atoms with Crippen LogP contribution in [0.3, 0.4) is 0 Å². The molecular formula is C21H39NSi. The van der Waals surface area contributed by atoms with Gasteiger partial charge >= 0.3 is 0 Å². The summed E-state index contributed by atoms with van der Waals surface area (Å²) < 4.78 is 0. The molecule has 4 aliphatic rings. The Kier molecular flexibility index (Phi) is 4.69. The van der Waals surface area contributed by atoms with Gasteiger partial charge in [0.1, 0.15) is 8.24 Å². The van der Waals surface area contributed by atoms with Crippen molar-refractivity contribution in [2.24, 2.45) is 29.6 Å². The summed E-state index contributed by atoms with van der Waals surface area (Å²) in [6.45, 7) is 7.96. The lowest BCUT2D eigenvalue weighted by Crippen LogP contribution is -2.55. The quantitative estimate of drug-likeness (QED) is 0.628. The van der Waals surface area contributed by atoms with E-state index in [4.69, 9.17) is 0 Å². The molecule has 4 fully saturated rings. The molecule has 0 aliphatic heterocycles. The second-order valence-corrected chi connectivity index (χ2v) is 14.7. The van der Waals surface area contributed by atoms with Gasteiger partial charge < -0.3 is 4.98 Å². The molecule has 0 saturated heterocycles. The van der Waals surface area contributed by atoms with Gasteiger partial charge in [0, 0.05) is 6.04 Å². The fourth-order valence-electron chi connectivity index (χ4n) is 7.36. The lowest BCUT2D eigenvalue weighted by molar-refractivity contribution is 0.134. The minimum atomic E-state index is -1.30. The highest BCUT2D eigenvalue weighted by molar-refractivity contribution is 6.76. The Balaban J connectivity index is 1.46. The van der Waals surface area contributed by atoms with E-state index in [0.29, 0.717) is 0 Å². The predicted octanol–water partition coefficient (Wildman–Crippen LogP) is 5.97. The van der Waals surface area contributed by atoms with Crippen LogP contribution in [0.2, 0.25) is 18.6 Å². The number of fused-ring (bicyclic) bond motifs is 2. The van der Waals surface area contributed by atoms with Gasteiger partial charge in [-0.1, -0.05) is 58.5 Å². The van der Waals surface area contributed by atoms with E-state index in [2.05, 4.69) is 25.0 Å². The van der Waals surface area contributed by atoms with Gasteiger partial charge in [-0.05, 0) is 67.2 Å². The monoisotopic (exact) mass is 333 g/mol. The third-order valence-electron chi connectivity index (χ3n) is 8.50. The highest BCUT2D eigenvalue weighted by Crippen LogP contribution is 2.60. The Morgan fingerprint density at radius 2 is 1.39 bits per heavy atom. The number of hydrogen-bond acceptors (Lipinski definition) is 1. The van der Waals surface area contributed by atoms with E-state index < -0.39 is 8.24 Å². The summed E-state index contributed by atoms with van der Waals surface area (Å²) in [4.78, 5) is 4.29. The highest BCUT2D eigenvalue weighted by atomic mass is 28.3. The van der Waals surface area contributed by atoms with Crippen molar-refractivity contribution in [3.8, 4) is 0 Å². The Labute approximate surface area is 145 Å². The van der Waals surface area contributed by atoms with Crippen LogP contribution in [0.4, 0.5) is 0 Å². The molecule has 1 nitrogen and oxygen atoms in total. The molecule has 6 atom stereocenters. The van der Waals surface area contributed by atoms with Crippen molar-refractivity contribution in [1.82, 2.24) is 4.98 Å². The van der Waals surface area contributed by atoms with Crippen molar-refractivity contribution in [1.29, 1.82) is 0 Å². The van der Waals surface area contributed by atoms with Crippen molar-refractivity contribution in [3.63, 3.8) is 0 Å². The molecule has 0 amide bonds. The second kappa shape index (κ2) is 6.48. The zero-order chi connectivity index (χ0) is 16.0. The summed E-state index contributed by atoms with van der Waals surface area (Å²) in [5.74, 6) is 5.41. The van der Waals surface area contributed by atoms with Gasteiger partial charge in [0.2, 0.25) is 0 Å².